The number of nitrogens with zero attached hydrogens (tertiary/aromatic N) is 2. The van der Waals surface area contributed by atoms with Crippen molar-refractivity contribution >= 4 is 0 Å². The molecule has 0 fully saturated rings. The predicted octanol–water partition coefficient (Wildman–Crippen LogP) is 3.65. The normalized spacial score (nSPS) is 18.0. The van der Waals surface area contributed by atoms with Gasteiger partial charge in [-0.1, -0.05) is 12.1 Å². The first-order valence-corrected chi connectivity index (χ1v) is 7.69. The Morgan fingerprint density at radius 2 is 2.24 bits per heavy atom. The van der Waals surface area contributed by atoms with E-state index >= 15 is 0 Å². The van der Waals surface area contributed by atoms with Crippen LogP contribution in [0.2, 0.25) is 0 Å². The minimum atomic E-state index is -0.222. The van der Waals surface area contributed by atoms with E-state index in [9.17, 15) is 4.39 Å². The monoisotopic (exact) mass is 287 g/mol. The summed E-state index contributed by atoms with van der Waals surface area (Å²) in [6, 6.07) is 7.01. The van der Waals surface area contributed by atoms with Gasteiger partial charge >= 0.3 is 0 Å². The molecule has 2 aromatic rings. The molecular formula is C17H22FN3. The second kappa shape index (κ2) is 5.60. The highest BCUT2D eigenvalue weighted by Crippen LogP contribution is 2.39. The van der Waals surface area contributed by atoms with E-state index < -0.39 is 0 Å². The van der Waals surface area contributed by atoms with Gasteiger partial charge < -0.3 is 5.73 Å². The van der Waals surface area contributed by atoms with Crippen molar-refractivity contribution in [2.45, 2.75) is 45.1 Å². The van der Waals surface area contributed by atoms with Crippen LogP contribution in [-0.2, 0) is 6.42 Å². The van der Waals surface area contributed by atoms with E-state index in [1.54, 1.807) is 12.1 Å². The molecule has 3 nitrogen and oxygen atoms in total. The number of nitrogens with two attached hydrogens (primary N) is 1. The van der Waals surface area contributed by atoms with Crippen molar-refractivity contribution in [3.63, 3.8) is 0 Å². The van der Waals surface area contributed by atoms with Gasteiger partial charge in [-0.05, 0) is 51.8 Å². The van der Waals surface area contributed by atoms with Crippen LogP contribution in [0.4, 0.5) is 4.39 Å². The maximum Gasteiger partial charge on any atom is 0.123 e. The fourth-order valence-electron chi connectivity index (χ4n) is 3.33. The Morgan fingerprint density at radius 3 is 2.90 bits per heavy atom. The Hall–Kier alpha value is -1.68. The molecule has 112 valence electrons. The number of aromatic nitrogens is 2. The molecule has 21 heavy (non-hydrogen) atoms. The van der Waals surface area contributed by atoms with Crippen LogP contribution < -0.4 is 5.73 Å². The number of rotatable bonds is 3. The van der Waals surface area contributed by atoms with Crippen molar-refractivity contribution in [3.8, 4) is 11.3 Å². The van der Waals surface area contributed by atoms with Crippen LogP contribution in [0.3, 0.4) is 0 Å². The lowest BCUT2D eigenvalue weighted by Crippen LogP contribution is -2.20. The Morgan fingerprint density at radius 1 is 1.43 bits per heavy atom. The van der Waals surface area contributed by atoms with Gasteiger partial charge in [0.2, 0.25) is 0 Å². The van der Waals surface area contributed by atoms with Gasteiger partial charge in [-0.25, -0.2) is 4.39 Å². The zero-order valence-electron chi connectivity index (χ0n) is 12.6. The van der Waals surface area contributed by atoms with Crippen LogP contribution >= 0.6 is 0 Å². The second-order valence-corrected chi connectivity index (χ2v) is 6.08. The first kappa shape index (κ1) is 14.3. The molecule has 1 aliphatic rings. The highest BCUT2D eigenvalue weighted by Gasteiger charge is 2.29. The summed E-state index contributed by atoms with van der Waals surface area (Å²) < 4.78 is 15.7. The Labute approximate surface area is 125 Å². The van der Waals surface area contributed by atoms with Gasteiger partial charge in [0.05, 0.1) is 5.69 Å². The number of hydrogen-bond acceptors (Lipinski definition) is 2. The summed E-state index contributed by atoms with van der Waals surface area (Å²) in [6.45, 7) is 4.89. The van der Waals surface area contributed by atoms with E-state index in [0.29, 0.717) is 18.5 Å². The summed E-state index contributed by atoms with van der Waals surface area (Å²) in [7, 11) is 0. The Balaban J connectivity index is 2.20. The lowest BCUT2D eigenvalue weighted by atomic mass is 9.84. The topological polar surface area (TPSA) is 43.8 Å². The second-order valence-electron chi connectivity index (χ2n) is 6.08. The minimum Gasteiger partial charge on any atom is -0.330 e. The molecule has 0 saturated heterocycles. The van der Waals surface area contributed by atoms with E-state index in [2.05, 4.69) is 18.5 Å². The predicted molar refractivity (Wildman–Crippen MR) is 82.7 cm³/mol. The molecule has 1 atom stereocenters. The standard InChI is InChI=1S/C17H22FN3/c1-11(2)21-15-8-4-6-13(10-19)16(15)17(20-21)12-5-3-7-14(18)9-12/h3,5,7,9,11,13H,4,6,8,10,19H2,1-2H3. The summed E-state index contributed by atoms with van der Waals surface area (Å²) in [4.78, 5) is 0. The van der Waals surface area contributed by atoms with Gasteiger partial charge in [-0.2, -0.15) is 5.10 Å². The third-order valence-electron chi connectivity index (χ3n) is 4.30. The molecule has 1 aliphatic carbocycles. The van der Waals surface area contributed by atoms with E-state index in [4.69, 9.17) is 10.8 Å². The molecule has 4 heteroatoms. The van der Waals surface area contributed by atoms with Crippen molar-refractivity contribution in [2.75, 3.05) is 6.54 Å². The fourth-order valence-corrected chi connectivity index (χ4v) is 3.33. The average molecular weight is 287 g/mol. The maximum atomic E-state index is 13.6. The first-order valence-electron chi connectivity index (χ1n) is 7.69. The molecule has 1 heterocycles. The fraction of sp³-hybridized carbons (Fsp3) is 0.471. The number of fused-ring (bicyclic) bond motifs is 1. The maximum absolute atomic E-state index is 13.6. The molecule has 0 bridgehead atoms. The van der Waals surface area contributed by atoms with Crippen LogP contribution in [0.15, 0.2) is 24.3 Å². The molecule has 1 aromatic heterocycles. The SMILES string of the molecule is CC(C)n1nc(-c2cccc(F)c2)c2c1CCCC2CN. The molecule has 0 spiro atoms. The van der Waals surface area contributed by atoms with Crippen molar-refractivity contribution < 1.29 is 4.39 Å². The van der Waals surface area contributed by atoms with Gasteiger partial charge in [0, 0.05) is 28.8 Å². The average Bonchev–Trinajstić information content (AvgIpc) is 2.87. The van der Waals surface area contributed by atoms with Gasteiger partial charge in [0.15, 0.2) is 0 Å². The molecule has 0 saturated carbocycles. The van der Waals surface area contributed by atoms with Crippen LogP contribution in [0, 0.1) is 5.82 Å². The third-order valence-corrected chi connectivity index (χ3v) is 4.30. The smallest absolute Gasteiger partial charge is 0.123 e. The Bertz CT molecular complexity index is 645. The molecular weight excluding hydrogens is 265 g/mol. The number of halogens is 1. The summed E-state index contributed by atoms with van der Waals surface area (Å²) in [5, 5.41) is 4.80. The van der Waals surface area contributed by atoms with E-state index in [1.807, 2.05) is 6.07 Å². The molecule has 3 rings (SSSR count). The van der Waals surface area contributed by atoms with Crippen LogP contribution in [0.5, 0.6) is 0 Å². The number of benzene rings is 1. The first-order chi connectivity index (χ1) is 10.1. The van der Waals surface area contributed by atoms with Crippen LogP contribution in [0.25, 0.3) is 11.3 Å². The van der Waals surface area contributed by atoms with Gasteiger partial charge in [0.25, 0.3) is 0 Å². The molecule has 1 aromatic carbocycles. The third kappa shape index (κ3) is 2.48. The molecule has 0 radical (unpaired) electrons. The minimum absolute atomic E-state index is 0.222. The van der Waals surface area contributed by atoms with E-state index in [1.165, 1.54) is 17.3 Å². The lowest BCUT2D eigenvalue weighted by Gasteiger charge is -2.23. The molecule has 0 amide bonds. The van der Waals surface area contributed by atoms with Gasteiger partial charge in [-0.15, -0.1) is 0 Å². The van der Waals surface area contributed by atoms with E-state index in [0.717, 1.165) is 30.5 Å². The largest absolute Gasteiger partial charge is 0.330 e. The van der Waals surface area contributed by atoms with Crippen LogP contribution in [0.1, 0.15) is 49.9 Å². The summed E-state index contributed by atoms with van der Waals surface area (Å²) >= 11 is 0. The molecule has 2 N–H and O–H groups in total. The highest BCUT2D eigenvalue weighted by atomic mass is 19.1. The van der Waals surface area contributed by atoms with Crippen molar-refractivity contribution in [1.29, 1.82) is 0 Å². The van der Waals surface area contributed by atoms with Crippen molar-refractivity contribution in [3.05, 3.63) is 41.3 Å². The summed E-state index contributed by atoms with van der Waals surface area (Å²) in [5.41, 5.74) is 10.3. The molecule has 1 unspecified atom stereocenters. The summed E-state index contributed by atoms with van der Waals surface area (Å²) in [5.74, 6) is 0.111. The number of hydrogen-bond donors (Lipinski definition) is 1. The van der Waals surface area contributed by atoms with E-state index in [-0.39, 0.29) is 5.82 Å². The van der Waals surface area contributed by atoms with Gasteiger partial charge in [0.1, 0.15) is 5.82 Å². The van der Waals surface area contributed by atoms with Crippen molar-refractivity contribution in [1.82, 2.24) is 9.78 Å². The van der Waals surface area contributed by atoms with Gasteiger partial charge in [-0.3, -0.25) is 4.68 Å². The zero-order valence-corrected chi connectivity index (χ0v) is 12.6. The molecule has 0 aliphatic heterocycles. The van der Waals surface area contributed by atoms with Crippen molar-refractivity contribution in [2.24, 2.45) is 5.73 Å². The Kier molecular flexibility index (Phi) is 3.81. The lowest BCUT2D eigenvalue weighted by molar-refractivity contribution is 0.478. The summed E-state index contributed by atoms with van der Waals surface area (Å²) in [6.07, 6.45) is 3.28. The zero-order chi connectivity index (χ0) is 15.0. The quantitative estimate of drug-likeness (QED) is 0.936. The highest BCUT2D eigenvalue weighted by molar-refractivity contribution is 5.65. The van der Waals surface area contributed by atoms with Crippen LogP contribution in [-0.4, -0.2) is 16.3 Å².